The molecule has 2 N–H and O–H groups in total. The number of anilines is 1. The smallest absolute Gasteiger partial charge is 0.127 e. The summed E-state index contributed by atoms with van der Waals surface area (Å²) >= 11 is 0. The van der Waals surface area contributed by atoms with Gasteiger partial charge in [-0.2, -0.15) is 0 Å². The topological polar surface area (TPSA) is 29.3 Å². The second-order valence-corrected chi connectivity index (χ2v) is 5.98. The summed E-state index contributed by atoms with van der Waals surface area (Å²) < 4.78 is 14.1. The lowest BCUT2D eigenvalue weighted by Gasteiger charge is -2.29. The number of nitrogens with zero attached hydrogens (tertiary/aromatic N) is 1. The Bertz CT molecular complexity index is 592. The standard InChI is InChI=1S/C18H23FN2/c1-18(13-20,16-6-4-5-7-17(16)19)12-14-8-10-15(11-9-14)21(2)3/h4-11H,12-13,20H2,1-3H3. The van der Waals surface area contributed by atoms with Gasteiger partial charge in [0.25, 0.3) is 0 Å². The summed E-state index contributed by atoms with van der Waals surface area (Å²) in [6.07, 6.45) is 0.720. The van der Waals surface area contributed by atoms with Crippen molar-refractivity contribution in [1.29, 1.82) is 0 Å². The quantitative estimate of drug-likeness (QED) is 0.913. The average molecular weight is 286 g/mol. The van der Waals surface area contributed by atoms with E-state index >= 15 is 0 Å². The fraction of sp³-hybridized carbons (Fsp3) is 0.333. The normalized spacial score (nSPS) is 13.8. The van der Waals surface area contributed by atoms with Gasteiger partial charge in [-0.1, -0.05) is 37.3 Å². The second kappa shape index (κ2) is 6.27. The molecular weight excluding hydrogens is 263 g/mol. The van der Waals surface area contributed by atoms with Crippen molar-refractivity contribution in [2.45, 2.75) is 18.8 Å². The van der Waals surface area contributed by atoms with Crippen LogP contribution in [0.3, 0.4) is 0 Å². The van der Waals surface area contributed by atoms with Gasteiger partial charge in [-0.3, -0.25) is 0 Å². The summed E-state index contributed by atoms with van der Waals surface area (Å²) in [5, 5.41) is 0. The third-order valence-corrected chi connectivity index (χ3v) is 4.02. The van der Waals surface area contributed by atoms with Gasteiger partial charge in [-0.15, -0.1) is 0 Å². The summed E-state index contributed by atoms with van der Waals surface area (Å²) in [5.74, 6) is -0.185. The summed E-state index contributed by atoms with van der Waals surface area (Å²) in [4.78, 5) is 2.06. The van der Waals surface area contributed by atoms with Crippen molar-refractivity contribution < 1.29 is 4.39 Å². The van der Waals surface area contributed by atoms with Gasteiger partial charge in [0.2, 0.25) is 0 Å². The van der Waals surface area contributed by atoms with E-state index in [1.807, 2.05) is 33.2 Å². The van der Waals surface area contributed by atoms with Crippen LogP contribution in [0.2, 0.25) is 0 Å². The molecule has 0 aliphatic rings. The number of rotatable bonds is 5. The summed E-state index contributed by atoms with van der Waals surface area (Å²) in [5.41, 5.74) is 8.56. The molecule has 1 atom stereocenters. The zero-order chi connectivity index (χ0) is 15.5. The third kappa shape index (κ3) is 3.42. The third-order valence-electron chi connectivity index (χ3n) is 4.02. The minimum atomic E-state index is -0.398. The first-order valence-corrected chi connectivity index (χ1v) is 7.17. The minimum Gasteiger partial charge on any atom is -0.378 e. The molecule has 0 aliphatic heterocycles. The van der Waals surface area contributed by atoms with Crippen molar-refractivity contribution in [3.05, 3.63) is 65.5 Å². The summed E-state index contributed by atoms with van der Waals surface area (Å²) in [6, 6.07) is 15.2. The highest BCUT2D eigenvalue weighted by molar-refractivity contribution is 5.46. The average Bonchev–Trinajstić information content (AvgIpc) is 2.48. The predicted molar refractivity (Wildman–Crippen MR) is 87.3 cm³/mol. The molecule has 0 saturated heterocycles. The van der Waals surface area contributed by atoms with Crippen molar-refractivity contribution in [2.24, 2.45) is 5.73 Å². The lowest BCUT2D eigenvalue weighted by atomic mass is 9.77. The molecule has 0 spiro atoms. The Hall–Kier alpha value is -1.87. The van der Waals surface area contributed by atoms with Crippen molar-refractivity contribution in [1.82, 2.24) is 0 Å². The van der Waals surface area contributed by atoms with Crippen LogP contribution in [0, 0.1) is 5.82 Å². The Morgan fingerprint density at radius 1 is 1.05 bits per heavy atom. The first-order chi connectivity index (χ1) is 9.96. The molecule has 21 heavy (non-hydrogen) atoms. The van der Waals surface area contributed by atoms with Gasteiger partial charge in [0, 0.05) is 31.7 Å². The molecule has 2 aromatic rings. The van der Waals surface area contributed by atoms with Crippen molar-refractivity contribution >= 4 is 5.69 Å². The molecule has 3 heteroatoms. The van der Waals surface area contributed by atoms with E-state index in [9.17, 15) is 4.39 Å². The lowest BCUT2D eigenvalue weighted by molar-refractivity contribution is 0.450. The Morgan fingerprint density at radius 3 is 2.19 bits per heavy atom. The van der Waals surface area contributed by atoms with Crippen LogP contribution < -0.4 is 10.6 Å². The zero-order valence-electron chi connectivity index (χ0n) is 12.9. The first-order valence-electron chi connectivity index (χ1n) is 7.17. The molecule has 0 fully saturated rings. The second-order valence-electron chi connectivity index (χ2n) is 5.98. The number of nitrogens with two attached hydrogens (primary N) is 1. The van der Waals surface area contributed by atoms with E-state index in [0.717, 1.165) is 17.7 Å². The maximum atomic E-state index is 14.1. The first kappa shape index (κ1) is 15.5. The van der Waals surface area contributed by atoms with Crippen molar-refractivity contribution in [2.75, 3.05) is 25.5 Å². The number of benzene rings is 2. The van der Waals surface area contributed by atoms with Gasteiger partial charge >= 0.3 is 0 Å². The maximum Gasteiger partial charge on any atom is 0.127 e. The zero-order valence-corrected chi connectivity index (χ0v) is 12.9. The molecule has 1 unspecified atom stereocenters. The van der Waals surface area contributed by atoms with Gasteiger partial charge in [-0.05, 0) is 35.7 Å². The highest BCUT2D eigenvalue weighted by Crippen LogP contribution is 2.29. The van der Waals surface area contributed by atoms with Crippen LogP contribution in [0.4, 0.5) is 10.1 Å². The van der Waals surface area contributed by atoms with E-state index < -0.39 is 5.41 Å². The molecular formula is C18H23FN2. The van der Waals surface area contributed by atoms with Crippen LogP contribution in [0.5, 0.6) is 0 Å². The fourth-order valence-electron chi connectivity index (χ4n) is 2.59. The van der Waals surface area contributed by atoms with E-state index in [2.05, 4.69) is 29.2 Å². The molecule has 2 aromatic carbocycles. The van der Waals surface area contributed by atoms with Gasteiger partial charge < -0.3 is 10.6 Å². The molecule has 2 rings (SSSR count). The Labute approximate surface area is 126 Å². The fourth-order valence-corrected chi connectivity index (χ4v) is 2.59. The van der Waals surface area contributed by atoms with E-state index in [4.69, 9.17) is 5.73 Å². The summed E-state index contributed by atoms with van der Waals surface area (Å²) in [7, 11) is 4.02. The van der Waals surface area contributed by atoms with Crippen molar-refractivity contribution in [3.8, 4) is 0 Å². The van der Waals surface area contributed by atoms with E-state index in [1.54, 1.807) is 6.07 Å². The monoisotopic (exact) mass is 286 g/mol. The Morgan fingerprint density at radius 2 is 1.67 bits per heavy atom. The van der Waals surface area contributed by atoms with E-state index in [1.165, 1.54) is 6.07 Å². The molecule has 0 amide bonds. The largest absolute Gasteiger partial charge is 0.378 e. The van der Waals surface area contributed by atoms with Gasteiger partial charge in [0.15, 0.2) is 0 Å². The highest BCUT2D eigenvalue weighted by atomic mass is 19.1. The minimum absolute atomic E-state index is 0.185. The number of halogens is 1. The Kier molecular flexibility index (Phi) is 4.63. The van der Waals surface area contributed by atoms with Crippen LogP contribution in [0.25, 0.3) is 0 Å². The van der Waals surface area contributed by atoms with Crippen LogP contribution in [-0.2, 0) is 11.8 Å². The molecule has 0 saturated carbocycles. The van der Waals surface area contributed by atoms with Crippen LogP contribution in [0.15, 0.2) is 48.5 Å². The molecule has 0 aliphatic carbocycles. The van der Waals surface area contributed by atoms with E-state index in [0.29, 0.717) is 12.1 Å². The molecule has 0 heterocycles. The van der Waals surface area contributed by atoms with Gasteiger partial charge in [0.1, 0.15) is 5.82 Å². The number of hydrogen-bond acceptors (Lipinski definition) is 2. The lowest BCUT2D eigenvalue weighted by Crippen LogP contribution is -2.35. The predicted octanol–water partition coefficient (Wildman–Crippen LogP) is 3.35. The SMILES string of the molecule is CN(C)c1ccc(CC(C)(CN)c2ccccc2F)cc1. The van der Waals surface area contributed by atoms with Crippen molar-refractivity contribution in [3.63, 3.8) is 0 Å². The van der Waals surface area contributed by atoms with E-state index in [-0.39, 0.29) is 5.82 Å². The van der Waals surface area contributed by atoms with Crippen LogP contribution in [0.1, 0.15) is 18.1 Å². The molecule has 2 nitrogen and oxygen atoms in total. The van der Waals surface area contributed by atoms with Gasteiger partial charge in [0.05, 0.1) is 0 Å². The number of hydrogen-bond donors (Lipinski definition) is 1. The van der Waals surface area contributed by atoms with Crippen LogP contribution >= 0.6 is 0 Å². The molecule has 0 radical (unpaired) electrons. The maximum absolute atomic E-state index is 14.1. The molecule has 0 aromatic heterocycles. The molecule has 0 bridgehead atoms. The van der Waals surface area contributed by atoms with Crippen LogP contribution in [-0.4, -0.2) is 20.6 Å². The highest BCUT2D eigenvalue weighted by Gasteiger charge is 2.28. The van der Waals surface area contributed by atoms with Gasteiger partial charge in [-0.25, -0.2) is 4.39 Å². The molecule has 112 valence electrons. The summed E-state index contributed by atoms with van der Waals surface area (Å²) in [6.45, 7) is 2.43. The Balaban J connectivity index is 2.28.